The molecule has 0 fully saturated rings. The summed E-state index contributed by atoms with van der Waals surface area (Å²) in [6.45, 7) is 0.307. The van der Waals surface area contributed by atoms with Gasteiger partial charge in [0.25, 0.3) is 0 Å². The molecule has 110 valence electrons. The van der Waals surface area contributed by atoms with Crippen LogP contribution < -0.4 is 10.6 Å². The van der Waals surface area contributed by atoms with Crippen LogP contribution in [0.1, 0.15) is 11.3 Å². The third-order valence-electron chi connectivity index (χ3n) is 2.65. The molecule has 2 rings (SSSR count). The monoisotopic (exact) mass is 288 g/mol. The van der Waals surface area contributed by atoms with Crippen molar-refractivity contribution in [1.29, 1.82) is 0 Å². The van der Waals surface area contributed by atoms with Gasteiger partial charge in [0.15, 0.2) is 0 Å². The maximum Gasteiger partial charge on any atom is 0.407 e. The summed E-state index contributed by atoms with van der Waals surface area (Å²) < 4.78 is 10.1. The minimum absolute atomic E-state index is 0.145. The van der Waals surface area contributed by atoms with Gasteiger partial charge in [-0.1, -0.05) is 30.3 Å². The molecule has 0 saturated heterocycles. The number of ether oxygens (including phenoxy) is 1. The molecule has 1 aromatic heterocycles. The molecule has 0 spiro atoms. The topological polar surface area (TPSA) is 80.6 Å². The van der Waals surface area contributed by atoms with Crippen LogP contribution in [0.15, 0.2) is 53.1 Å². The highest BCUT2D eigenvalue weighted by Crippen LogP contribution is 2.00. The Bertz CT molecular complexity index is 567. The zero-order valence-corrected chi connectivity index (χ0v) is 11.4. The summed E-state index contributed by atoms with van der Waals surface area (Å²) in [7, 11) is 0. The Morgan fingerprint density at radius 2 is 1.86 bits per heavy atom. The fourth-order valence-electron chi connectivity index (χ4n) is 1.59. The average molecular weight is 288 g/mol. The molecule has 1 heterocycles. The van der Waals surface area contributed by atoms with Crippen LogP contribution in [-0.2, 0) is 22.7 Å². The van der Waals surface area contributed by atoms with Gasteiger partial charge < -0.3 is 19.8 Å². The van der Waals surface area contributed by atoms with Gasteiger partial charge in [-0.2, -0.15) is 0 Å². The number of nitrogens with one attached hydrogen (secondary N) is 2. The molecule has 6 heteroatoms. The van der Waals surface area contributed by atoms with E-state index in [9.17, 15) is 9.59 Å². The lowest BCUT2D eigenvalue weighted by molar-refractivity contribution is -0.120. The van der Waals surface area contributed by atoms with Gasteiger partial charge in [-0.05, 0) is 17.7 Å². The van der Waals surface area contributed by atoms with Crippen molar-refractivity contribution < 1.29 is 18.7 Å². The van der Waals surface area contributed by atoms with Crippen LogP contribution in [0.2, 0.25) is 0 Å². The maximum atomic E-state index is 11.5. The average Bonchev–Trinajstić information content (AvgIpc) is 3.03. The highest BCUT2D eigenvalue weighted by molar-refractivity contribution is 5.81. The Labute approximate surface area is 122 Å². The van der Waals surface area contributed by atoms with Crippen molar-refractivity contribution in [3.63, 3.8) is 0 Å². The summed E-state index contributed by atoms with van der Waals surface area (Å²) in [5.41, 5.74) is 0.884. The molecule has 0 saturated carbocycles. The molecule has 2 aromatic rings. The molecule has 21 heavy (non-hydrogen) atoms. The standard InChI is InChI=1S/C15H16N2O4/c18-14(16-9-13-7-4-8-20-13)10-17-15(19)21-11-12-5-2-1-3-6-12/h1-8H,9-11H2,(H,16,18)(H,17,19). The second kappa shape index (κ2) is 7.74. The SMILES string of the molecule is O=C(CNC(=O)OCc1ccccc1)NCc1ccco1. The van der Waals surface area contributed by atoms with Crippen molar-refractivity contribution in [2.45, 2.75) is 13.2 Å². The van der Waals surface area contributed by atoms with Crippen LogP contribution in [0, 0.1) is 0 Å². The predicted octanol–water partition coefficient (Wildman–Crippen LogP) is 1.82. The second-order valence-electron chi connectivity index (χ2n) is 4.27. The molecule has 0 unspecified atom stereocenters. The molecule has 2 N–H and O–H groups in total. The summed E-state index contributed by atoms with van der Waals surface area (Å²) in [4.78, 5) is 22.9. The van der Waals surface area contributed by atoms with E-state index in [4.69, 9.17) is 9.15 Å². The normalized spacial score (nSPS) is 9.90. The van der Waals surface area contributed by atoms with Gasteiger partial charge >= 0.3 is 6.09 Å². The molecule has 0 bridgehead atoms. The molecule has 0 aliphatic rings. The number of furan rings is 1. The minimum atomic E-state index is -0.632. The summed E-state index contributed by atoms with van der Waals surface area (Å²) in [5, 5.41) is 4.99. The summed E-state index contributed by atoms with van der Waals surface area (Å²) in [6, 6.07) is 12.8. The smallest absolute Gasteiger partial charge is 0.407 e. The zero-order chi connectivity index (χ0) is 14.9. The van der Waals surface area contributed by atoms with Crippen molar-refractivity contribution in [2.24, 2.45) is 0 Å². The van der Waals surface area contributed by atoms with E-state index in [1.165, 1.54) is 6.26 Å². The van der Waals surface area contributed by atoms with Crippen LogP contribution in [0.5, 0.6) is 0 Å². The Hall–Kier alpha value is -2.76. The third kappa shape index (κ3) is 5.40. The van der Waals surface area contributed by atoms with E-state index in [0.717, 1.165) is 5.56 Å². The first-order valence-corrected chi connectivity index (χ1v) is 6.47. The van der Waals surface area contributed by atoms with Crippen LogP contribution in [-0.4, -0.2) is 18.5 Å². The molecular weight excluding hydrogens is 272 g/mol. The van der Waals surface area contributed by atoms with E-state index in [1.807, 2.05) is 30.3 Å². The number of carbonyl (C=O) groups excluding carboxylic acids is 2. The van der Waals surface area contributed by atoms with Gasteiger partial charge in [-0.25, -0.2) is 4.79 Å². The number of carbonyl (C=O) groups is 2. The first-order valence-electron chi connectivity index (χ1n) is 6.47. The molecule has 0 atom stereocenters. The lowest BCUT2D eigenvalue weighted by Crippen LogP contribution is -2.36. The third-order valence-corrected chi connectivity index (χ3v) is 2.65. The van der Waals surface area contributed by atoms with Crippen molar-refractivity contribution in [3.8, 4) is 0 Å². The van der Waals surface area contributed by atoms with E-state index >= 15 is 0 Å². The fraction of sp³-hybridized carbons (Fsp3) is 0.200. The van der Waals surface area contributed by atoms with Gasteiger partial charge in [0.2, 0.25) is 5.91 Å². The summed E-state index contributed by atoms with van der Waals surface area (Å²) in [6.07, 6.45) is 0.896. The molecule has 6 nitrogen and oxygen atoms in total. The maximum absolute atomic E-state index is 11.5. The number of hydrogen-bond donors (Lipinski definition) is 2. The number of alkyl carbamates (subject to hydrolysis) is 1. The number of rotatable bonds is 6. The number of benzene rings is 1. The Balaban J connectivity index is 1.61. The highest BCUT2D eigenvalue weighted by Gasteiger charge is 2.07. The number of amides is 2. The molecule has 1 aromatic carbocycles. The quantitative estimate of drug-likeness (QED) is 0.849. The van der Waals surface area contributed by atoms with Gasteiger partial charge in [-0.3, -0.25) is 4.79 Å². The summed E-state index contributed by atoms with van der Waals surface area (Å²) >= 11 is 0. The Morgan fingerprint density at radius 1 is 1.05 bits per heavy atom. The van der Waals surface area contributed by atoms with Gasteiger partial charge in [0.05, 0.1) is 12.8 Å². The van der Waals surface area contributed by atoms with Crippen molar-refractivity contribution >= 4 is 12.0 Å². The van der Waals surface area contributed by atoms with Crippen LogP contribution in [0.4, 0.5) is 4.79 Å². The van der Waals surface area contributed by atoms with Crippen LogP contribution >= 0.6 is 0 Å². The lowest BCUT2D eigenvalue weighted by Gasteiger charge is -2.07. The molecular formula is C15H16N2O4. The van der Waals surface area contributed by atoms with Crippen LogP contribution in [0.3, 0.4) is 0 Å². The van der Waals surface area contributed by atoms with Crippen molar-refractivity contribution in [1.82, 2.24) is 10.6 Å². The first-order chi connectivity index (χ1) is 10.2. The van der Waals surface area contributed by atoms with E-state index in [2.05, 4.69) is 10.6 Å². The molecule has 2 amide bonds. The predicted molar refractivity (Wildman–Crippen MR) is 75.2 cm³/mol. The summed E-state index contributed by atoms with van der Waals surface area (Å²) in [5.74, 6) is 0.332. The van der Waals surface area contributed by atoms with E-state index in [1.54, 1.807) is 12.1 Å². The largest absolute Gasteiger partial charge is 0.467 e. The lowest BCUT2D eigenvalue weighted by atomic mass is 10.2. The van der Waals surface area contributed by atoms with E-state index < -0.39 is 6.09 Å². The molecule has 0 aliphatic carbocycles. The Morgan fingerprint density at radius 3 is 2.57 bits per heavy atom. The van der Waals surface area contributed by atoms with E-state index in [0.29, 0.717) is 5.76 Å². The van der Waals surface area contributed by atoms with Gasteiger partial charge in [0, 0.05) is 0 Å². The van der Waals surface area contributed by atoms with Crippen molar-refractivity contribution in [3.05, 3.63) is 60.1 Å². The van der Waals surface area contributed by atoms with Gasteiger partial charge in [0.1, 0.15) is 18.9 Å². The van der Waals surface area contributed by atoms with Gasteiger partial charge in [-0.15, -0.1) is 0 Å². The highest BCUT2D eigenvalue weighted by atomic mass is 16.5. The van der Waals surface area contributed by atoms with Crippen LogP contribution in [0.25, 0.3) is 0 Å². The molecule has 0 aliphatic heterocycles. The second-order valence-corrected chi connectivity index (χ2v) is 4.27. The Kier molecular flexibility index (Phi) is 5.40. The fourth-order valence-corrected chi connectivity index (χ4v) is 1.59. The van der Waals surface area contributed by atoms with E-state index in [-0.39, 0.29) is 25.6 Å². The zero-order valence-electron chi connectivity index (χ0n) is 11.4. The number of hydrogen-bond acceptors (Lipinski definition) is 4. The first kappa shape index (κ1) is 14.6. The van der Waals surface area contributed by atoms with Crippen molar-refractivity contribution in [2.75, 3.05) is 6.54 Å². The molecule has 0 radical (unpaired) electrons. The minimum Gasteiger partial charge on any atom is -0.467 e.